The van der Waals surface area contributed by atoms with Gasteiger partial charge in [0.15, 0.2) is 0 Å². The summed E-state index contributed by atoms with van der Waals surface area (Å²) in [7, 11) is 2.17. The summed E-state index contributed by atoms with van der Waals surface area (Å²) >= 11 is 0. The average molecular weight is 371 g/mol. The van der Waals surface area contributed by atoms with E-state index >= 15 is 0 Å². The number of aryl methyl sites for hydroxylation is 1. The van der Waals surface area contributed by atoms with Crippen molar-refractivity contribution in [1.29, 1.82) is 0 Å². The van der Waals surface area contributed by atoms with E-state index < -0.39 is 0 Å². The molecule has 1 aromatic rings. The maximum atomic E-state index is 12.6. The monoisotopic (exact) mass is 370 g/mol. The van der Waals surface area contributed by atoms with Gasteiger partial charge < -0.3 is 9.80 Å². The summed E-state index contributed by atoms with van der Waals surface area (Å²) in [6.45, 7) is 8.54. The zero-order valence-electron chi connectivity index (χ0n) is 17.0. The summed E-state index contributed by atoms with van der Waals surface area (Å²) < 4.78 is 0. The summed E-state index contributed by atoms with van der Waals surface area (Å²) in [4.78, 5) is 24.3. The standard InChI is InChI=1S/C22H34N4O/c1-3-18-4-5-19(23-14-18)15-25-12-9-22(10-13-25)8-6-21(27)26(17-22)20-7-11-24(2)16-20/h4-5,14,20H,3,6-13,15-17H2,1-2H3. The summed E-state index contributed by atoms with van der Waals surface area (Å²) in [6, 6.07) is 4.83. The summed E-state index contributed by atoms with van der Waals surface area (Å²) in [6.07, 6.45) is 8.47. The highest BCUT2D eigenvalue weighted by molar-refractivity contribution is 5.77. The Kier molecular flexibility index (Phi) is 5.51. The van der Waals surface area contributed by atoms with Crippen LogP contribution in [0.5, 0.6) is 0 Å². The van der Waals surface area contributed by atoms with Gasteiger partial charge in [-0.15, -0.1) is 0 Å². The largest absolute Gasteiger partial charge is 0.338 e. The summed E-state index contributed by atoms with van der Waals surface area (Å²) in [5, 5.41) is 0. The Morgan fingerprint density at radius 2 is 2.00 bits per heavy atom. The van der Waals surface area contributed by atoms with Gasteiger partial charge in [0.2, 0.25) is 5.91 Å². The van der Waals surface area contributed by atoms with Crippen LogP contribution in [0.25, 0.3) is 0 Å². The molecule has 5 heteroatoms. The smallest absolute Gasteiger partial charge is 0.222 e. The lowest BCUT2D eigenvalue weighted by atomic mass is 9.72. The van der Waals surface area contributed by atoms with E-state index in [1.165, 1.54) is 24.1 Å². The van der Waals surface area contributed by atoms with Crippen LogP contribution in [0.15, 0.2) is 18.3 Å². The molecule has 0 aliphatic carbocycles. The molecule has 4 rings (SSSR count). The molecule has 0 saturated carbocycles. The molecule has 1 amide bonds. The fraction of sp³-hybridized carbons (Fsp3) is 0.727. The molecule has 27 heavy (non-hydrogen) atoms. The van der Waals surface area contributed by atoms with Crippen LogP contribution < -0.4 is 0 Å². The van der Waals surface area contributed by atoms with Gasteiger partial charge in [0.25, 0.3) is 0 Å². The van der Waals surface area contributed by atoms with Crippen molar-refractivity contribution in [1.82, 2.24) is 19.7 Å². The Morgan fingerprint density at radius 3 is 2.63 bits per heavy atom. The Balaban J connectivity index is 1.33. The first-order valence-corrected chi connectivity index (χ1v) is 10.7. The van der Waals surface area contributed by atoms with Gasteiger partial charge in [0.1, 0.15) is 0 Å². The van der Waals surface area contributed by atoms with Crippen LogP contribution in [0.3, 0.4) is 0 Å². The molecule has 0 aromatic carbocycles. The van der Waals surface area contributed by atoms with E-state index in [1.807, 2.05) is 6.20 Å². The minimum atomic E-state index is 0.352. The zero-order valence-corrected chi connectivity index (χ0v) is 17.0. The lowest BCUT2D eigenvalue weighted by Gasteiger charge is -2.49. The number of amides is 1. The Hall–Kier alpha value is -1.46. The highest BCUT2D eigenvalue weighted by Crippen LogP contribution is 2.41. The molecule has 1 spiro atoms. The van der Waals surface area contributed by atoms with E-state index in [9.17, 15) is 4.79 Å². The molecule has 3 aliphatic heterocycles. The Morgan fingerprint density at radius 1 is 1.19 bits per heavy atom. The molecule has 3 fully saturated rings. The Bertz CT molecular complexity index is 651. The second kappa shape index (κ2) is 7.88. The van der Waals surface area contributed by atoms with Gasteiger partial charge in [-0.3, -0.25) is 14.7 Å². The van der Waals surface area contributed by atoms with Crippen molar-refractivity contribution in [2.75, 3.05) is 39.8 Å². The quantitative estimate of drug-likeness (QED) is 0.817. The number of nitrogens with zero attached hydrogens (tertiary/aromatic N) is 4. The summed E-state index contributed by atoms with van der Waals surface area (Å²) in [5.41, 5.74) is 2.84. The van der Waals surface area contributed by atoms with E-state index in [1.54, 1.807) is 0 Å². The zero-order chi connectivity index (χ0) is 18.9. The van der Waals surface area contributed by atoms with Crippen molar-refractivity contribution in [2.24, 2.45) is 5.41 Å². The molecule has 148 valence electrons. The topological polar surface area (TPSA) is 39.7 Å². The van der Waals surface area contributed by atoms with Crippen LogP contribution in [-0.2, 0) is 17.8 Å². The number of likely N-dealkylation sites (N-methyl/N-ethyl adjacent to an activating group) is 1. The van der Waals surface area contributed by atoms with Crippen molar-refractivity contribution in [3.05, 3.63) is 29.6 Å². The van der Waals surface area contributed by atoms with E-state index in [2.05, 4.69) is 45.8 Å². The second-order valence-corrected chi connectivity index (χ2v) is 9.01. The van der Waals surface area contributed by atoms with Crippen LogP contribution in [0.1, 0.15) is 50.3 Å². The molecule has 3 aliphatic rings. The lowest BCUT2D eigenvalue weighted by Crippen LogP contribution is -2.54. The highest BCUT2D eigenvalue weighted by atomic mass is 16.2. The van der Waals surface area contributed by atoms with Crippen molar-refractivity contribution >= 4 is 5.91 Å². The van der Waals surface area contributed by atoms with Gasteiger partial charge in [-0.25, -0.2) is 0 Å². The van der Waals surface area contributed by atoms with Crippen LogP contribution in [-0.4, -0.2) is 71.4 Å². The minimum absolute atomic E-state index is 0.352. The average Bonchev–Trinajstić information content (AvgIpc) is 3.13. The Labute approximate surface area is 163 Å². The van der Waals surface area contributed by atoms with Crippen LogP contribution in [0.2, 0.25) is 0 Å². The third-order valence-electron chi connectivity index (χ3n) is 7.10. The first kappa shape index (κ1) is 18.9. The normalized spacial score (nSPS) is 26.8. The fourth-order valence-electron chi connectivity index (χ4n) is 5.12. The summed E-state index contributed by atoms with van der Waals surface area (Å²) in [5.74, 6) is 0.392. The number of carbonyl (C=O) groups is 1. The molecule has 1 unspecified atom stereocenters. The predicted octanol–water partition coefficient (Wildman–Crippen LogP) is 2.55. The van der Waals surface area contributed by atoms with Crippen molar-refractivity contribution in [3.63, 3.8) is 0 Å². The number of hydrogen-bond acceptors (Lipinski definition) is 4. The molecule has 4 heterocycles. The van der Waals surface area contributed by atoms with Gasteiger partial charge in [-0.1, -0.05) is 13.0 Å². The van der Waals surface area contributed by atoms with E-state index in [4.69, 9.17) is 0 Å². The molecule has 3 saturated heterocycles. The molecular formula is C22H34N4O. The number of piperidine rings is 2. The molecule has 0 radical (unpaired) electrons. The number of hydrogen-bond donors (Lipinski definition) is 0. The van der Waals surface area contributed by atoms with E-state index in [0.29, 0.717) is 17.4 Å². The van der Waals surface area contributed by atoms with Crippen LogP contribution in [0, 0.1) is 5.41 Å². The molecule has 1 atom stereocenters. The maximum absolute atomic E-state index is 12.6. The third-order valence-corrected chi connectivity index (χ3v) is 7.10. The predicted molar refractivity (Wildman–Crippen MR) is 107 cm³/mol. The molecule has 0 bridgehead atoms. The fourth-order valence-corrected chi connectivity index (χ4v) is 5.12. The number of aromatic nitrogens is 1. The first-order valence-electron chi connectivity index (χ1n) is 10.7. The van der Waals surface area contributed by atoms with E-state index in [-0.39, 0.29) is 0 Å². The lowest BCUT2D eigenvalue weighted by molar-refractivity contribution is -0.142. The highest BCUT2D eigenvalue weighted by Gasteiger charge is 2.43. The number of likely N-dealkylation sites (tertiary alicyclic amines) is 3. The van der Waals surface area contributed by atoms with Gasteiger partial charge in [0.05, 0.1) is 5.69 Å². The SMILES string of the molecule is CCc1ccc(CN2CCC3(CCC(=O)N(C4CCN(C)C4)C3)CC2)nc1. The number of carbonyl (C=O) groups excluding carboxylic acids is 1. The van der Waals surface area contributed by atoms with Gasteiger partial charge >= 0.3 is 0 Å². The third kappa shape index (κ3) is 4.19. The second-order valence-electron chi connectivity index (χ2n) is 9.01. The van der Waals surface area contributed by atoms with Gasteiger partial charge in [0, 0.05) is 38.3 Å². The van der Waals surface area contributed by atoms with Crippen molar-refractivity contribution in [3.8, 4) is 0 Å². The van der Waals surface area contributed by atoms with Crippen LogP contribution >= 0.6 is 0 Å². The van der Waals surface area contributed by atoms with Crippen molar-refractivity contribution < 1.29 is 4.79 Å². The van der Waals surface area contributed by atoms with E-state index in [0.717, 1.165) is 65.0 Å². The number of pyridine rings is 1. The van der Waals surface area contributed by atoms with Gasteiger partial charge in [-0.05, 0) is 75.8 Å². The molecular weight excluding hydrogens is 336 g/mol. The first-order chi connectivity index (χ1) is 13.1. The van der Waals surface area contributed by atoms with Crippen molar-refractivity contribution in [2.45, 2.75) is 58.0 Å². The van der Waals surface area contributed by atoms with Gasteiger partial charge in [-0.2, -0.15) is 0 Å². The number of rotatable bonds is 4. The molecule has 0 N–H and O–H groups in total. The van der Waals surface area contributed by atoms with Crippen LogP contribution in [0.4, 0.5) is 0 Å². The minimum Gasteiger partial charge on any atom is -0.338 e. The molecule has 5 nitrogen and oxygen atoms in total. The maximum Gasteiger partial charge on any atom is 0.222 e. The molecule has 1 aromatic heterocycles.